The summed E-state index contributed by atoms with van der Waals surface area (Å²) in [4.78, 5) is 11.9. The second-order valence-corrected chi connectivity index (χ2v) is 6.16. The van der Waals surface area contributed by atoms with Crippen molar-refractivity contribution in [3.63, 3.8) is 0 Å². The number of para-hydroxylation sites is 2. The zero-order valence-corrected chi connectivity index (χ0v) is 13.6. The van der Waals surface area contributed by atoms with Crippen molar-refractivity contribution in [3.8, 4) is 0 Å². The number of benzene rings is 1. The molecule has 0 unspecified atom stereocenters. The second-order valence-electron chi connectivity index (χ2n) is 6.16. The molecule has 0 spiro atoms. The van der Waals surface area contributed by atoms with E-state index in [9.17, 15) is 4.79 Å². The molecule has 1 aliphatic rings. The van der Waals surface area contributed by atoms with Crippen LogP contribution in [-0.4, -0.2) is 25.9 Å². The summed E-state index contributed by atoms with van der Waals surface area (Å²) in [6.07, 6.45) is 4.66. The van der Waals surface area contributed by atoms with Crippen LogP contribution in [0.2, 0.25) is 0 Å². The topological polar surface area (TPSA) is 77.9 Å². The molecule has 24 heavy (non-hydrogen) atoms. The number of nitrogens with zero attached hydrogens (tertiary/aromatic N) is 4. The van der Waals surface area contributed by atoms with E-state index in [1.807, 2.05) is 24.3 Å². The molecule has 0 fully saturated rings. The third-order valence-electron chi connectivity index (χ3n) is 4.56. The van der Waals surface area contributed by atoms with Gasteiger partial charge in [-0.05, 0) is 25.0 Å². The van der Waals surface area contributed by atoms with E-state index in [-0.39, 0.29) is 5.76 Å². The van der Waals surface area contributed by atoms with Gasteiger partial charge in [-0.3, -0.25) is 4.57 Å². The fourth-order valence-electron chi connectivity index (χ4n) is 3.29. The van der Waals surface area contributed by atoms with Crippen LogP contribution in [0.1, 0.15) is 30.9 Å². The van der Waals surface area contributed by atoms with Crippen molar-refractivity contribution in [2.45, 2.75) is 45.3 Å². The maximum Gasteiger partial charge on any atom is 0.419 e. The number of fused-ring (bicyclic) bond motifs is 2. The third-order valence-corrected chi connectivity index (χ3v) is 4.56. The van der Waals surface area contributed by atoms with Crippen molar-refractivity contribution in [1.29, 1.82) is 0 Å². The minimum Gasteiger partial charge on any atom is -0.408 e. The molecule has 7 heteroatoms. The first-order chi connectivity index (χ1) is 11.8. The number of oxazole rings is 1. The molecule has 3 aromatic rings. The summed E-state index contributed by atoms with van der Waals surface area (Å²) in [5, 5.41) is 12.0. The van der Waals surface area contributed by atoms with Crippen LogP contribution < -0.4 is 11.1 Å². The van der Waals surface area contributed by atoms with Gasteiger partial charge >= 0.3 is 5.76 Å². The number of hydrogen-bond acceptors (Lipinski definition) is 5. The van der Waals surface area contributed by atoms with Crippen LogP contribution in [0.15, 0.2) is 33.5 Å². The lowest BCUT2D eigenvalue weighted by Crippen LogP contribution is -2.25. The molecule has 3 heterocycles. The molecular weight excluding hydrogens is 306 g/mol. The molecule has 126 valence electrons. The quantitative estimate of drug-likeness (QED) is 0.722. The van der Waals surface area contributed by atoms with E-state index in [0.717, 1.165) is 30.1 Å². The Balaban J connectivity index is 1.39. The van der Waals surface area contributed by atoms with Crippen LogP contribution in [0.25, 0.3) is 11.1 Å². The molecule has 0 aliphatic carbocycles. The van der Waals surface area contributed by atoms with Crippen LogP contribution in [0, 0.1) is 0 Å². The maximum absolute atomic E-state index is 11.9. The van der Waals surface area contributed by atoms with E-state index in [1.54, 1.807) is 4.57 Å². The van der Waals surface area contributed by atoms with Crippen LogP contribution in [0.3, 0.4) is 0 Å². The molecule has 0 amide bonds. The van der Waals surface area contributed by atoms with Gasteiger partial charge in [0.15, 0.2) is 5.58 Å². The Labute approximate surface area is 139 Å². The number of hydrogen-bond donors (Lipinski definition) is 1. The van der Waals surface area contributed by atoms with Gasteiger partial charge in [-0.2, -0.15) is 0 Å². The first-order valence-corrected chi connectivity index (χ1v) is 8.53. The fourth-order valence-corrected chi connectivity index (χ4v) is 3.29. The van der Waals surface area contributed by atoms with Gasteiger partial charge in [0.05, 0.1) is 12.1 Å². The maximum atomic E-state index is 11.9. The SMILES string of the molecule is O=c1oc2ccccc2n1CCNCc1nnc2n1CCCCC2. The van der Waals surface area contributed by atoms with Gasteiger partial charge in [-0.1, -0.05) is 18.6 Å². The average Bonchev–Trinajstić information content (AvgIpc) is 3.02. The predicted octanol–water partition coefficient (Wildman–Crippen LogP) is 1.70. The van der Waals surface area contributed by atoms with Gasteiger partial charge in [0.25, 0.3) is 0 Å². The summed E-state index contributed by atoms with van der Waals surface area (Å²) < 4.78 is 9.14. The molecule has 1 N–H and O–H groups in total. The molecule has 0 bridgehead atoms. The Hall–Kier alpha value is -2.41. The molecule has 1 aromatic carbocycles. The lowest BCUT2D eigenvalue weighted by Gasteiger charge is -2.08. The van der Waals surface area contributed by atoms with Crippen LogP contribution >= 0.6 is 0 Å². The van der Waals surface area contributed by atoms with Crippen LogP contribution in [0.4, 0.5) is 0 Å². The van der Waals surface area contributed by atoms with Gasteiger partial charge in [0.2, 0.25) is 0 Å². The molecule has 4 rings (SSSR count). The highest BCUT2D eigenvalue weighted by molar-refractivity contribution is 5.72. The Bertz CT molecular complexity index is 892. The lowest BCUT2D eigenvalue weighted by atomic mass is 10.2. The predicted molar refractivity (Wildman–Crippen MR) is 89.8 cm³/mol. The molecule has 0 radical (unpaired) electrons. The summed E-state index contributed by atoms with van der Waals surface area (Å²) in [5.41, 5.74) is 1.46. The average molecular weight is 327 g/mol. The summed E-state index contributed by atoms with van der Waals surface area (Å²) >= 11 is 0. The first-order valence-electron chi connectivity index (χ1n) is 8.53. The molecule has 7 nitrogen and oxygen atoms in total. The highest BCUT2D eigenvalue weighted by Gasteiger charge is 2.14. The molecule has 2 aromatic heterocycles. The fraction of sp³-hybridized carbons (Fsp3) is 0.471. The number of rotatable bonds is 5. The van der Waals surface area contributed by atoms with Gasteiger partial charge < -0.3 is 14.3 Å². The second kappa shape index (κ2) is 6.60. The Kier molecular flexibility index (Phi) is 4.17. The number of nitrogens with one attached hydrogen (secondary N) is 1. The summed E-state index contributed by atoms with van der Waals surface area (Å²) in [6.45, 7) is 2.91. The standard InChI is InChI=1S/C17H21N5O2/c23-17-21(13-6-3-4-7-14(13)24-17)11-9-18-12-16-20-19-15-8-2-1-5-10-22(15)16/h3-4,6-7,18H,1-2,5,8-12H2. The molecule has 0 atom stereocenters. The van der Waals surface area contributed by atoms with Gasteiger partial charge in [0.1, 0.15) is 11.6 Å². The van der Waals surface area contributed by atoms with Gasteiger partial charge in [-0.25, -0.2) is 4.79 Å². The van der Waals surface area contributed by atoms with E-state index in [4.69, 9.17) is 4.42 Å². The highest BCUT2D eigenvalue weighted by atomic mass is 16.4. The van der Waals surface area contributed by atoms with E-state index in [2.05, 4.69) is 20.1 Å². The van der Waals surface area contributed by atoms with E-state index < -0.39 is 0 Å². The smallest absolute Gasteiger partial charge is 0.408 e. The summed E-state index contributed by atoms with van der Waals surface area (Å²) in [5.74, 6) is 1.77. The highest BCUT2D eigenvalue weighted by Crippen LogP contribution is 2.14. The van der Waals surface area contributed by atoms with Crippen LogP contribution in [-0.2, 0) is 26.1 Å². The summed E-state index contributed by atoms with van der Waals surface area (Å²) in [6, 6.07) is 7.49. The van der Waals surface area contributed by atoms with Gasteiger partial charge in [0, 0.05) is 26.1 Å². The monoisotopic (exact) mass is 327 g/mol. The van der Waals surface area contributed by atoms with Crippen molar-refractivity contribution < 1.29 is 4.42 Å². The van der Waals surface area contributed by atoms with Gasteiger partial charge in [-0.15, -0.1) is 10.2 Å². The van der Waals surface area contributed by atoms with E-state index >= 15 is 0 Å². The van der Waals surface area contributed by atoms with E-state index in [0.29, 0.717) is 25.2 Å². The number of aromatic nitrogens is 4. The Morgan fingerprint density at radius 1 is 1.17 bits per heavy atom. The molecule has 0 saturated carbocycles. The largest absolute Gasteiger partial charge is 0.419 e. The zero-order valence-electron chi connectivity index (χ0n) is 13.6. The first kappa shape index (κ1) is 15.1. The Morgan fingerprint density at radius 3 is 3.04 bits per heavy atom. The lowest BCUT2D eigenvalue weighted by molar-refractivity contribution is 0.489. The van der Waals surface area contributed by atoms with Crippen molar-refractivity contribution in [2.75, 3.05) is 6.54 Å². The minimum atomic E-state index is -0.311. The van der Waals surface area contributed by atoms with Crippen molar-refractivity contribution in [1.82, 2.24) is 24.6 Å². The normalized spacial score (nSPS) is 14.7. The van der Waals surface area contributed by atoms with Crippen molar-refractivity contribution in [2.24, 2.45) is 0 Å². The number of aryl methyl sites for hydroxylation is 1. The third kappa shape index (κ3) is 2.87. The molecule has 1 aliphatic heterocycles. The summed E-state index contributed by atoms with van der Waals surface area (Å²) in [7, 11) is 0. The zero-order chi connectivity index (χ0) is 16.4. The Morgan fingerprint density at radius 2 is 2.08 bits per heavy atom. The van der Waals surface area contributed by atoms with Crippen molar-refractivity contribution >= 4 is 11.1 Å². The van der Waals surface area contributed by atoms with Crippen molar-refractivity contribution in [3.05, 3.63) is 46.5 Å². The minimum absolute atomic E-state index is 0.311. The molecular formula is C17H21N5O2. The van der Waals surface area contributed by atoms with E-state index in [1.165, 1.54) is 19.3 Å². The molecule has 0 saturated heterocycles. The van der Waals surface area contributed by atoms with Crippen LogP contribution in [0.5, 0.6) is 0 Å².